The number of carbonyl (C=O) groups is 1. The second-order valence-electron chi connectivity index (χ2n) is 6.48. The van der Waals surface area contributed by atoms with E-state index in [4.69, 9.17) is 0 Å². The molecular weight excluding hydrogens is 400 g/mol. The number of amides is 1. The lowest BCUT2D eigenvalue weighted by Crippen LogP contribution is -2.14. The van der Waals surface area contributed by atoms with Crippen molar-refractivity contribution in [3.05, 3.63) is 96.7 Å². The minimum atomic E-state index is -3.72. The monoisotopic (exact) mass is 418 g/mol. The highest BCUT2D eigenvalue weighted by atomic mass is 32.2. The third-order valence-corrected chi connectivity index (χ3v) is 5.77. The topological polar surface area (TPSA) is 104 Å². The number of hydrogen-bond donors (Lipinski definition) is 3. The quantitative estimate of drug-likeness (QED) is 0.438. The largest absolute Gasteiger partial charge is 0.322 e. The van der Waals surface area contributed by atoms with E-state index in [1.165, 1.54) is 18.3 Å². The highest BCUT2D eigenvalue weighted by Gasteiger charge is 2.17. The van der Waals surface area contributed by atoms with Crippen LogP contribution in [-0.4, -0.2) is 24.5 Å². The molecule has 1 aromatic heterocycles. The molecule has 3 aromatic carbocycles. The summed E-state index contributed by atoms with van der Waals surface area (Å²) < 4.78 is 27.5. The summed E-state index contributed by atoms with van der Waals surface area (Å²) in [5.74, 6) is -0.356. The summed E-state index contributed by atoms with van der Waals surface area (Å²) in [5.41, 5.74) is 2.62. The van der Waals surface area contributed by atoms with Gasteiger partial charge in [-0.3, -0.25) is 14.6 Å². The van der Waals surface area contributed by atoms with Gasteiger partial charge in [0, 0.05) is 11.3 Å². The van der Waals surface area contributed by atoms with Gasteiger partial charge in [0.15, 0.2) is 0 Å². The van der Waals surface area contributed by atoms with Crippen molar-refractivity contribution in [2.45, 2.75) is 4.90 Å². The van der Waals surface area contributed by atoms with Gasteiger partial charge < -0.3 is 5.32 Å². The molecule has 0 atom stereocenters. The first-order chi connectivity index (χ1) is 14.5. The predicted octanol–water partition coefficient (Wildman–Crippen LogP) is 4.13. The van der Waals surface area contributed by atoms with Crippen molar-refractivity contribution in [1.29, 1.82) is 0 Å². The van der Waals surface area contributed by atoms with Crippen molar-refractivity contribution in [3.63, 3.8) is 0 Å². The van der Waals surface area contributed by atoms with E-state index in [1.54, 1.807) is 42.5 Å². The van der Waals surface area contributed by atoms with Crippen LogP contribution < -0.4 is 10.0 Å². The van der Waals surface area contributed by atoms with Crippen LogP contribution in [0.3, 0.4) is 0 Å². The van der Waals surface area contributed by atoms with E-state index in [0.717, 1.165) is 5.56 Å². The zero-order chi connectivity index (χ0) is 21.0. The Bertz CT molecular complexity index is 1270. The standard InChI is InChI=1S/C22H18N4O3S/c27-22(20-15-23-25-21(20)16-8-3-1-4-9-16)24-17-10-7-11-18(14-17)26-30(28,29)19-12-5-2-6-13-19/h1-15,26H,(H,23,25)(H,24,27). The van der Waals surface area contributed by atoms with Crippen molar-refractivity contribution in [2.75, 3.05) is 10.0 Å². The molecule has 0 unspecified atom stereocenters. The number of hydrogen-bond acceptors (Lipinski definition) is 4. The fourth-order valence-electron chi connectivity index (χ4n) is 2.96. The highest BCUT2D eigenvalue weighted by Crippen LogP contribution is 2.23. The fraction of sp³-hybridized carbons (Fsp3) is 0. The van der Waals surface area contributed by atoms with Gasteiger partial charge in [-0.15, -0.1) is 0 Å². The summed E-state index contributed by atoms with van der Waals surface area (Å²) in [6.45, 7) is 0. The Hall–Kier alpha value is -3.91. The molecule has 0 aliphatic heterocycles. The van der Waals surface area contributed by atoms with Gasteiger partial charge in [-0.2, -0.15) is 5.10 Å². The van der Waals surface area contributed by atoms with Crippen molar-refractivity contribution < 1.29 is 13.2 Å². The van der Waals surface area contributed by atoms with E-state index in [0.29, 0.717) is 22.6 Å². The molecule has 0 bridgehead atoms. The number of benzene rings is 3. The van der Waals surface area contributed by atoms with Crippen LogP contribution in [0.2, 0.25) is 0 Å². The summed E-state index contributed by atoms with van der Waals surface area (Å²) in [7, 11) is -3.72. The molecular formula is C22H18N4O3S. The molecule has 3 N–H and O–H groups in total. The predicted molar refractivity (Wildman–Crippen MR) is 116 cm³/mol. The molecule has 150 valence electrons. The smallest absolute Gasteiger partial charge is 0.261 e. The summed E-state index contributed by atoms with van der Waals surface area (Å²) >= 11 is 0. The number of anilines is 2. The SMILES string of the molecule is O=C(Nc1cccc(NS(=O)(=O)c2ccccc2)c1)c1cn[nH]c1-c1ccccc1. The van der Waals surface area contributed by atoms with Crippen LogP contribution in [0.15, 0.2) is 96.0 Å². The maximum Gasteiger partial charge on any atom is 0.261 e. The van der Waals surface area contributed by atoms with Crippen molar-refractivity contribution in [2.24, 2.45) is 0 Å². The van der Waals surface area contributed by atoms with Gasteiger partial charge in [-0.1, -0.05) is 54.6 Å². The normalized spacial score (nSPS) is 11.1. The Morgan fingerprint density at radius 3 is 2.23 bits per heavy atom. The maximum atomic E-state index is 12.8. The van der Waals surface area contributed by atoms with Gasteiger partial charge in [-0.05, 0) is 30.3 Å². The second-order valence-corrected chi connectivity index (χ2v) is 8.16. The van der Waals surface area contributed by atoms with E-state index >= 15 is 0 Å². The van der Waals surface area contributed by atoms with Crippen LogP contribution in [0.5, 0.6) is 0 Å². The Labute approximate surface area is 173 Å². The maximum absolute atomic E-state index is 12.8. The number of carbonyl (C=O) groups excluding carboxylic acids is 1. The summed E-state index contributed by atoms with van der Waals surface area (Å²) in [5, 5.41) is 9.62. The fourth-order valence-corrected chi connectivity index (χ4v) is 4.03. The van der Waals surface area contributed by atoms with E-state index in [-0.39, 0.29) is 10.8 Å². The van der Waals surface area contributed by atoms with Gasteiger partial charge >= 0.3 is 0 Å². The summed E-state index contributed by atoms with van der Waals surface area (Å²) in [6.07, 6.45) is 1.46. The summed E-state index contributed by atoms with van der Waals surface area (Å²) in [6, 6.07) is 24.0. The molecule has 0 saturated carbocycles. The minimum Gasteiger partial charge on any atom is -0.322 e. The van der Waals surface area contributed by atoms with Crippen molar-refractivity contribution in [1.82, 2.24) is 10.2 Å². The van der Waals surface area contributed by atoms with Crippen LogP contribution >= 0.6 is 0 Å². The third-order valence-electron chi connectivity index (χ3n) is 4.37. The number of rotatable bonds is 6. The van der Waals surface area contributed by atoms with Crippen LogP contribution in [-0.2, 0) is 10.0 Å². The number of H-pyrrole nitrogens is 1. The molecule has 8 heteroatoms. The Morgan fingerprint density at radius 2 is 1.50 bits per heavy atom. The molecule has 0 saturated heterocycles. The summed E-state index contributed by atoms with van der Waals surface area (Å²) in [4.78, 5) is 12.9. The van der Waals surface area contributed by atoms with Crippen LogP contribution in [0.25, 0.3) is 11.3 Å². The first-order valence-electron chi connectivity index (χ1n) is 9.11. The molecule has 0 aliphatic rings. The molecule has 0 aliphatic carbocycles. The first kappa shape index (κ1) is 19.4. The average Bonchev–Trinajstić information content (AvgIpc) is 3.25. The van der Waals surface area contributed by atoms with Gasteiger partial charge in [-0.25, -0.2) is 8.42 Å². The number of aromatic nitrogens is 2. The molecule has 30 heavy (non-hydrogen) atoms. The zero-order valence-electron chi connectivity index (χ0n) is 15.7. The molecule has 7 nitrogen and oxygen atoms in total. The molecule has 0 fully saturated rings. The molecule has 0 radical (unpaired) electrons. The van der Waals surface area contributed by atoms with Crippen LogP contribution in [0.4, 0.5) is 11.4 Å². The average molecular weight is 418 g/mol. The zero-order valence-corrected chi connectivity index (χ0v) is 16.6. The number of nitrogens with zero attached hydrogens (tertiary/aromatic N) is 1. The minimum absolute atomic E-state index is 0.158. The van der Waals surface area contributed by atoms with Gasteiger partial charge in [0.2, 0.25) is 0 Å². The Morgan fingerprint density at radius 1 is 0.833 bits per heavy atom. The lowest BCUT2D eigenvalue weighted by molar-refractivity contribution is 0.102. The van der Waals surface area contributed by atoms with Crippen molar-refractivity contribution >= 4 is 27.3 Å². The van der Waals surface area contributed by atoms with E-state index in [2.05, 4.69) is 20.2 Å². The Balaban J connectivity index is 1.53. The molecule has 0 spiro atoms. The molecule has 4 aromatic rings. The molecule has 4 rings (SSSR count). The number of aromatic amines is 1. The van der Waals surface area contributed by atoms with Crippen LogP contribution in [0, 0.1) is 0 Å². The van der Waals surface area contributed by atoms with Gasteiger partial charge in [0.05, 0.1) is 28.0 Å². The van der Waals surface area contributed by atoms with E-state index in [9.17, 15) is 13.2 Å². The van der Waals surface area contributed by atoms with Crippen molar-refractivity contribution in [3.8, 4) is 11.3 Å². The van der Waals surface area contributed by atoms with Gasteiger partial charge in [0.25, 0.3) is 15.9 Å². The number of sulfonamides is 1. The molecule has 1 heterocycles. The Kier molecular flexibility index (Phi) is 5.32. The number of nitrogens with one attached hydrogen (secondary N) is 3. The lowest BCUT2D eigenvalue weighted by Gasteiger charge is -2.10. The second kappa shape index (κ2) is 8.22. The lowest BCUT2D eigenvalue weighted by atomic mass is 10.1. The van der Waals surface area contributed by atoms with Crippen LogP contribution in [0.1, 0.15) is 10.4 Å². The molecule has 1 amide bonds. The van der Waals surface area contributed by atoms with E-state index < -0.39 is 10.0 Å². The van der Waals surface area contributed by atoms with Gasteiger partial charge in [0.1, 0.15) is 0 Å². The highest BCUT2D eigenvalue weighted by molar-refractivity contribution is 7.92. The third kappa shape index (κ3) is 4.23. The van der Waals surface area contributed by atoms with E-state index in [1.807, 2.05) is 30.3 Å². The first-order valence-corrected chi connectivity index (χ1v) is 10.6.